The van der Waals surface area contributed by atoms with Gasteiger partial charge in [-0.1, -0.05) is 0 Å². The molecule has 0 fully saturated rings. The molecule has 1 unspecified atom stereocenters. The van der Waals surface area contributed by atoms with Crippen molar-refractivity contribution in [1.29, 1.82) is 0 Å². The summed E-state index contributed by atoms with van der Waals surface area (Å²) in [6, 6.07) is 3.86. The number of nitro benzene ring substituents is 1. The molecule has 0 saturated carbocycles. The molecule has 9 nitrogen and oxygen atoms in total. The third kappa shape index (κ3) is 2.29. The van der Waals surface area contributed by atoms with Gasteiger partial charge < -0.3 is 16.0 Å². The number of nitro groups is 1. The Bertz CT molecular complexity index is 664. The van der Waals surface area contributed by atoms with Gasteiger partial charge in [0, 0.05) is 23.3 Å². The van der Waals surface area contributed by atoms with Gasteiger partial charge in [-0.3, -0.25) is 14.9 Å². The second-order valence-corrected chi connectivity index (χ2v) is 3.96. The van der Waals surface area contributed by atoms with Crippen LogP contribution in [0.5, 0.6) is 0 Å². The number of aromatic nitrogens is 2. The Morgan fingerprint density at radius 3 is 2.50 bits per heavy atom. The number of non-ortho nitro benzene ring substituents is 1. The van der Waals surface area contributed by atoms with Crippen LogP contribution in [0.4, 0.5) is 5.69 Å². The van der Waals surface area contributed by atoms with E-state index in [0.29, 0.717) is 10.4 Å². The third-order valence-electron chi connectivity index (χ3n) is 2.73. The minimum atomic E-state index is -1.36. The first-order valence-corrected chi connectivity index (χ1v) is 5.42. The van der Waals surface area contributed by atoms with Gasteiger partial charge in [-0.25, -0.2) is 0 Å². The molecule has 0 amide bonds. The van der Waals surface area contributed by atoms with Gasteiger partial charge in [0.1, 0.15) is 11.7 Å². The van der Waals surface area contributed by atoms with Gasteiger partial charge >= 0.3 is 5.97 Å². The largest absolute Gasteiger partial charge is 0.480 e. The van der Waals surface area contributed by atoms with Gasteiger partial charge in [-0.15, -0.1) is 9.94 Å². The van der Waals surface area contributed by atoms with E-state index in [-0.39, 0.29) is 16.9 Å². The van der Waals surface area contributed by atoms with Gasteiger partial charge in [-0.05, 0) is 12.1 Å². The summed E-state index contributed by atoms with van der Waals surface area (Å²) in [6.45, 7) is 0. The van der Waals surface area contributed by atoms with Crippen LogP contribution in [0.3, 0.4) is 0 Å². The average molecular weight is 278 g/mol. The van der Waals surface area contributed by atoms with Crippen molar-refractivity contribution in [3.63, 3.8) is 0 Å². The fraction of sp³-hybridized carbons (Fsp3) is 0.0909. The zero-order chi connectivity index (χ0) is 14.9. The summed E-state index contributed by atoms with van der Waals surface area (Å²) in [6.07, 6.45) is 1.13. The third-order valence-corrected chi connectivity index (χ3v) is 2.73. The number of hydrogen-bond acceptors (Lipinski definition) is 6. The van der Waals surface area contributed by atoms with Gasteiger partial charge in [0.25, 0.3) is 5.69 Å². The van der Waals surface area contributed by atoms with Crippen LogP contribution in [0.25, 0.3) is 11.3 Å². The van der Waals surface area contributed by atoms with E-state index in [1.165, 1.54) is 24.3 Å². The van der Waals surface area contributed by atoms with E-state index in [2.05, 4.69) is 5.10 Å². The smallest absolute Gasteiger partial charge is 0.325 e. The lowest BCUT2D eigenvalue weighted by Crippen LogP contribution is -2.21. The second kappa shape index (κ2) is 4.97. The summed E-state index contributed by atoms with van der Waals surface area (Å²) >= 11 is 0. The Labute approximate surface area is 112 Å². The predicted molar refractivity (Wildman–Crippen MR) is 66.1 cm³/mol. The lowest BCUT2D eigenvalue weighted by atomic mass is 10.0. The fourth-order valence-electron chi connectivity index (χ4n) is 1.74. The highest BCUT2D eigenvalue weighted by molar-refractivity contribution is 5.79. The van der Waals surface area contributed by atoms with Crippen molar-refractivity contribution in [2.75, 3.05) is 0 Å². The summed E-state index contributed by atoms with van der Waals surface area (Å²) < 4.78 is 0. The number of carboxylic acids is 1. The quantitative estimate of drug-likeness (QED) is 0.425. The van der Waals surface area contributed by atoms with Crippen LogP contribution in [0, 0.1) is 10.1 Å². The first kappa shape index (κ1) is 13.5. The first-order chi connectivity index (χ1) is 9.41. The number of nitrogens with two attached hydrogens (primary N) is 1. The molecule has 0 aliphatic heterocycles. The van der Waals surface area contributed by atoms with Crippen molar-refractivity contribution >= 4 is 11.7 Å². The van der Waals surface area contributed by atoms with Crippen molar-refractivity contribution in [3.05, 3.63) is 46.1 Å². The van der Waals surface area contributed by atoms with Gasteiger partial charge in [0.2, 0.25) is 0 Å². The Morgan fingerprint density at radius 1 is 1.40 bits per heavy atom. The molecule has 1 aromatic heterocycles. The Kier molecular flexibility index (Phi) is 3.36. The number of hydrogen-bond donors (Lipinski definition) is 3. The number of benzene rings is 1. The maximum atomic E-state index is 10.9. The molecule has 9 heteroatoms. The summed E-state index contributed by atoms with van der Waals surface area (Å²) in [5.74, 6) is -1.28. The SMILES string of the molecule is NC(C(=O)O)c1cnn(O)c1-c1ccc([N+](=O)[O-])cc1. The van der Waals surface area contributed by atoms with Crippen LogP contribution in [0.1, 0.15) is 11.6 Å². The molecular formula is C11H10N4O5. The predicted octanol–water partition coefficient (Wildman–Crippen LogP) is 0.780. The summed E-state index contributed by atoms with van der Waals surface area (Å²) in [5, 5.41) is 32.6. The van der Waals surface area contributed by atoms with Crippen molar-refractivity contribution in [1.82, 2.24) is 9.94 Å². The van der Waals surface area contributed by atoms with Crippen LogP contribution in [0.15, 0.2) is 30.5 Å². The molecule has 104 valence electrons. The normalized spacial score (nSPS) is 12.1. The highest BCUT2D eigenvalue weighted by Gasteiger charge is 2.23. The molecule has 2 aromatic rings. The van der Waals surface area contributed by atoms with E-state index in [9.17, 15) is 20.1 Å². The fourth-order valence-corrected chi connectivity index (χ4v) is 1.74. The van der Waals surface area contributed by atoms with Crippen LogP contribution < -0.4 is 5.73 Å². The molecule has 20 heavy (non-hydrogen) atoms. The van der Waals surface area contributed by atoms with Gasteiger partial charge in [0.05, 0.1) is 11.1 Å². The van der Waals surface area contributed by atoms with E-state index in [1.807, 2.05) is 0 Å². The minimum Gasteiger partial charge on any atom is -0.480 e. The Balaban J connectivity index is 2.49. The number of carboxylic acid groups (broad SMARTS) is 1. The lowest BCUT2D eigenvalue weighted by molar-refractivity contribution is -0.384. The lowest BCUT2D eigenvalue weighted by Gasteiger charge is -2.08. The standard InChI is InChI=1S/C11H10N4O5/c12-9(11(16)17)8-5-13-14(18)10(8)6-1-3-7(4-2-6)15(19)20/h1-5,9,18H,12H2,(H,16,17). The van der Waals surface area contributed by atoms with Crippen LogP contribution in [-0.2, 0) is 4.79 Å². The number of aliphatic carboxylic acids is 1. The van der Waals surface area contributed by atoms with E-state index in [1.54, 1.807) is 0 Å². The molecule has 1 atom stereocenters. The topological polar surface area (TPSA) is 145 Å². The van der Waals surface area contributed by atoms with Crippen LogP contribution in [0.2, 0.25) is 0 Å². The van der Waals surface area contributed by atoms with Crippen molar-refractivity contribution in [2.45, 2.75) is 6.04 Å². The average Bonchev–Trinajstić information content (AvgIpc) is 2.79. The summed E-state index contributed by atoms with van der Waals surface area (Å²) in [7, 11) is 0. The Hall–Kier alpha value is -2.94. The summed E-state index contributed by atoms with van der Waals surface area (Å²) in [5.41, 5.74) is 5.92. The first-order valence-electron chi connectivity index (χ1n) is 5.42. The summed E-state index contributed by atoms with van der Waals surface area (Å²) in [4.78, 5) is 21.4. The zero-order valence-corrected chi connectivity index (χ0v) is 10.0. The molecule has 1 aromatic carbocycles. The monoisotopic (exact) mass is 278 g/mol. The van der Waals surface area contributed by atoms with Crippen LogP contribution >= 0.6 is 0 Å². The van der Waals surface area contributed by atoms with Crippen molar-refractivity contribution in [2.24, 2.45) is 5.73 Å². The van der Waals surface area contributed by atoms with Gasteiger partial charge in [-0.2, -0.15) is 0 Å². The molecule has 0 radical (unpaired) electrons. The van der Waals surface area contributed by atoms with E-state index in [4.69, 9.17) is 10.8 Å². The molecule has 1 heterocycles. The molecule has 2 rings (SSSR count). The maximum Gasteiger partial charge on any atom is 0.325 e. The molecule has 0 aliphatic rings. The van der Waals surface area contributed by atoms with Gasteiger partial charge in [0.15, 0.2) is 0 Å². The highest BCUT2D eigenvalue weighted by Crippen LogP contribution is 2.28. The van der Waals surface area contributed by atoms with E-state index in [0.717, 1.165) is 6.20 Å². The highest BCUT2D eigenvalue weighted by atomic mass is 16.6. The number of carbonyl (C=O) groups is 1. The van der Waals surface area contributed by atoms with E-state index < -0.39 is 16.9 Å². The van der Waals surface area contributed by atoms with Crippen LogP contribution in [-0.4, -0.2) is 31.2 Å². The molecular weight excluding hydrogens is 268 g/mol. The number of rotatable bonds is 4. The van der Waals surface area contributed by atoms with Crippen molar-refractivity contribution in [3.8, 4) is 11.3 Å². The van der Waals surface area contributed by atoms with Crippen molar-refractivity contribution < 1.29 is 20.0 Å². The molecule has 0 spiro atoms. The molecule has 0 aliphatic carbocycles. The molecule has 0 bridgehead atoms. The molecule has 0 saturated heterocycles. The number of nitrogens with zero attached hydrogens (tertiary/aromatic N) is 3. The second-order valence-electron chi connectivity index (χ2n) is 3.96. The Morgan fingerprint density at radius 2 is 2.00 bits per heavy atom. The zero-order valence-electron chi connectivity index (χ0n) is 10.0. The molecule has 4 N–H and O–H groups in total. The minimum absolute atomic E-state index is 0.0785. The maximum absolute atomic E-state index is 10.9. The van der Waals surface area contributed by atoms with E-state index >= 15 is 0 Å².